The predicted octanol–water partition coefficient (Wildman–Crippen LogP) is 2.76. The minimum Gasteiger partial charge on any atom is -0.493 e. The van der Waals surface area contributed by atoms with Gasteiger partial charge in [-0.05, 0) is 53.7 Å². The average Bonchev–Trinajstić information content (AvgIpc) is 2.62. The Hall–Kier alpha value is -3.00. The number of hydrogen-bond donors (Lipinski definition) is 2. The molecule has 2 N–H and O–H groups in total. The molecule has 26 heavy (non-hydrogen) atoms. The van der Waals surface area contributed by atoms with Crippen LogP contribution in [0.15, 0.2) is 47.6 Å². The first-order valence-corrected chi connectivity index (χ1v) is 8.06. The van der Waals surface area contributed by atoms with Crippen LogP contribution in [-0.4, -0.2) is 24.4 Å². The van der Waals surface area contributed by atoms with Gasteiger partial charge in [0.15, 0.2) is 16.6 Å². The highest BCUT2D eigenvalue weighted by Crippen LogP contribution is 2.27. The smallest absolute Gasteiger partial charge is 0.308 e. The summed E-state index contributed by atoms with van der Waals surface area (Å²) in [6.07, 6.45) is 1.55. The van der Waals surface area contributed by atoms with E-state index >= 15 is 0 Å². The summed E-state index contributed by atoms with van der Waals surface area (Å²) in [7, 11) is 1.48. The summed E-state index contributed by atoms with van der Waals surface area (Å²) in [4.78, 5) is 11.0. The third-order valence-corrected chi connectivity index (χ3v) is 3.42. The van der Waals surface area contributed by atoms with Crippen molar-refractivity contribution >= 4 is 29.5 Å². The van der Waals surface area contributed by atoms with Gasteiger partial charge in [-0.15, -0.1) is 0 Å². The monoisotopic (exact) mass is 375 g/mol. The van der Waals surface area contributed by atoms with Crippen molar-refractivity contribution in [1.29, 1.82) is 0 Å². The summed E-state index contributed by atoms with van der Waals surface area (Å²) in [5.74, 6) is 0.0425. The fourth-order valence-corrected chi connectivity index (χ4v) is 2.12. The lowest BCUT2D eigenvalue weighted by molar-refractivity contribution is -0.132. The lowest BCUT2D eigenvalue weighted by Crippen LogP contribution is -2.31. The van der Waals surface area contributed by atoms with Crippen molar-refractivity contribution < 1.29 is 18.7 Å². The first-order valence-electron chi connectivity index (χ1n) is 7.65. The minimum absolute atomic E-state index is 0.283. The molecule has 0 heterocycles. The molecule has 0 aliphatic carbocycles. The van der Waals surface area contributed by atoms with Gasteiger partial charge in [0.25, 0.3) is 0 Å². The molecule has 0 saturated carbocycles. The first-order chi connectivity index (χ1) is 12.5. The van der Waals surface area contributed by atoms with E-state index in [0.717, 1.165) is 11.1 Å². The summed E-state index contributed by atoms with van der Waals surface area (Å²) < 4.78 is 23.1. The van der Waals surface area contributed by atoms with E-state index in [1.54, 1.807) is 36.5 Å². The zero-order valence-corrected chi connectivity index (χ0v) is 15.1. The molecule has 0 aromatic heterocycles. The zero-order valence-electron chi connectivity index (χ0n) is 14.3. The largest absolute Gasteiger partial charge is 0.493 e. The Morgan fingerprint density at radius 2 is 1.96 bits per heavy atom. The third kappa shape index (κ3) is 6.14. The fourth-order valence-electron chi connectivity index (χ4n) is 1.99. The lowest BCUT2D eigenvalue weighted by Gasteiger charge is -2.09. The number of hydrazone groups is 1. The van der Waals surface area contributed by atoms with Gasteiger partial charge < -0.3 is 14.8 Å². The van der Waals surface area contributed by atoms with Gasteiger partial charge in [0.05, 0.1) is 13.3 Å². The molecular weight excluding hydrogens is 357 g/mol. The number of ether oxygens (including phenoxy) is 2. The number of halogens is 1. The highest BCUT2D eigenvalue weighted by molar-refractivity contribution is 7.80. The van der Waals surface area contributed by atoms with E-state index in [2.05, 4.69) is 15.8 Å². The van der Waals surface area contributed by atoms with Crippen LogP contribution in [0, 0.1) is 5.82 Å². The van der Waals surface area contributed by atoms with Gasteiger partial charge >= 0.3 is 5.97 Å². The zero-order chi connectivity index (χ0) is 18.9. The Morgan fingerprint density at radius 1 is 1.23 bits per heavy atom. The van der Waals surface area contributed by atoms with Crippen molar-refractivity contribution in [3.05, 3.63) is 59.4 Å². The maximum Gasteiger partial charge on any atom is 0.308 e. The van der Waals surface area contributed by atoms with E-state index in [4.69, 9.17) is 21.7 Å². The number of hydrogen-bond acceptors (Lipinski definition) is 5. The van der Waals surface area contributed by atoms with Crippen LogP contribution in [0.2, 0.25) is 0 Å². The average molecular weight is 375 g/mol. The molecule has 0 amide bonds. The summed E-state index contributed by atoms with van der Waals surface area (Å²) >= 11 is 5.12. The van der Waals surface area contributed by atoms with Crippen LogP contribution >= 0.6 is 12.2 Å². The van der Waals surface area contributed by atoms with E-state index in [0.29, 0.717) is 23.2 Å². The molecule has 2 aromatic rings. The maximum atomic E-state index is 12.8. The van der Waals surface area contributed by atoms with E-state index in [1.165, 1.54) is 26.2 Å². The van der Waals surface area contributed by atoms with Crippen molar-refractivity contribution in [2.45, 2.75) is 13.5 Å². The number of nitrogens with one attached hydrogen (secondary N) is 2. The summed E-state index contributed by atoms with van der Waals surface area (Å²) in [6, 6.07) is 11.1. The van der Waals surface area contributed by atoms with Gasteiger partial charge in [0, 0.05) is 13.5 Å². The summed E-state index contributed by atoms with van der Waals surface area (Å²) in [5.41, 5.74) is 4.31. The van der Waals surface area contributed by atoms with Gasteiger partial charge in [0.2, 0.25) is 0 Å². The Morgan fingerprint density at radius 3 is 2.62 bits per heavy atom. The lowest BCUT2D eigenvalue weighted by atomic mass is 10.2. The van der Waals surface area contributed by atoms with Gasteiger partial charge in [-0.2, -0.15) is 5.10 Å². The normalized spacial score (nSPS) is 10.4. The fraction of sp³-hybridized carbons (Fsp3) is 0.167. The molecule has 0 unspecified atom stereocenters. The van der Waals surface area contributed by atoms with Crippen LogP contribution in [0.3, 0.4) is 0 Å². The summed E-state index contributed by atoms with van der Waals surface area (Å²) in [5, 5.41) is 7.32. The summed E-state index contributed by atoms with van der Waals surface area (Å²) in [6.45, 7) is 1.77. The van der Waals surface area contributed by atoms with Crippen LogP contribution in [-0.2, 0) is 11.3 Å². The van der Waals surface area contributed by atoms with Crippen molar-refractivity contribution in [3.63, 3.8) is 0 Å². The Balaban J connectivity index is 1.87. The number of nitrogens with zero attached hydrogens (tertiary/aromatic N) is 1. The van der Waals surface area contributed by atoms with E-state index in [1.807, 2.05) is 0 Å². The molecule has 8 heteroatoms. The molecule has 0 spiro atoms. The number of thiocarbonyl (C=S) groups is 1. The second-order valence-corrected chi connectivity index (χ2v) is 5.59. The minimum atomic E-state index is -0.427. The van der Waals surface area contributed by atoms with Crippen molar-refractivity contribution in [2.75, 3.05) is 7.11 Å². The maximum absolute atomic E-state index is 12.8. The molecule has 0 aliphatic rings. The van der Waals surface area contributed by atoms with Gasteiger partial charge in [-0.25, -0.2) is 4.39 Å². The third-order valence-electron chi connectivity index (χ3n) is 3.19. The standard InChI is InChI=1S/C18H18FN3O3S/c1-12(23)25-16-8-5-14(9-17(16)24-2)11-21-22-18(26)20-10-13-3-6-15(19)7-4-13/h3-9,11H,10H2,1-2H3,(H2,20,22,26)/b21-11-. The molecule has 0 aliphatic heterocycles. The van der Waals surface area contributed by atoms with E-state index < -0.39 is 5.97 Å². The van der Waals surface area contributed by atoms with Crippen LogP contribution in [0.4, 0.5) is 4.39 Å². The van der Waals surface area contributed by atoms with Crippen molar-refractivity contribution in [1.82, 2.24) is 10.7 Å². The molecule has 136 valence electrons. The second-order valence-electron chi connectivity index (χ2n) is 5.18. The highest BCUT2D eigenvalue weighted by Gasteiger charge is 2.07. The molecular formula is C18H18FN3O3S. The molecule has 0 bridgehead atoms. The number of carbonyl (C=O) groups is 1. The van der Waals surface area contributed by atoms with Crippen molar-refractivity contribution in [2.24, 2.45) is 5.10 Å². The second kappa shape index (κ2) is 9.47. The molecule has 0 fully saturated rings. The SMILES string of the molecule is COc1cc(/C=N\NC(=S)NCc2ccc(F)cc2)ccc1OC(C)=O. The van der Waals surface area contributed by atoms with Gasteiger partial charge in [-0.3, -0.25) is 10.2 Å². The predicted molar refractivity (Wildman–Crippen MR) is 101 cm³/mol. The van der Waals surface area contributed by atoms with Crippen LogP contribution < -0.4 is 20.2 Å². The van der Waals surface area contributed by atoms with Crippen LogP contribution in [0.1, 0.15) is 18.1 Å². The van der Waals surface area contributed by atoms with E-state index in [9.17, 15) is 9.18 Å². The number of benzene rings is 2. The topological polar surface area (TPSA) is 71.9 Å². The van der Waals surface area contributed by atoms with Gasteiger partial charge in [-0.1, -0.05) is 12.1 Å². The van der Waals surface area contributed by atoms with E-state index in [-0.39, 0.29) is 5.82 Å². The molecule has 2 aromatic carbocycles. The molecule has 0 radical (unpaired) electrons. The number of esters is 1. The van der Waals surface area contributed by atoms with Crippen LogP contribution in [0.5, 0.6) is 11.5 Å². The Labute approximate surface area is 156 Å². The Bertz CT molecular complexity index is 810. The molecule has 2 rings (SSSR count). The number of rotatable bonds is 6. The quantitative estimate of drug-likeness (QED) is 0.266. The molecule has 0 atom stereocenters. The number of carbonyl (C=O) groups excluding carboxylic acids is 1. The molecule has 6 nitrogen and oxygen atoms in total. The van der Waals surface area contributed by atoms with Gasteiger partial charge in [0.1, 0.15) is 5.82 Å². The number of methoxy groups -OCH3 is 1. The first kappa shape index (κ1) is 19.3. The van der Waals surface area contributed by atoms with Crippen molar-refractivity contribution in [3.8, 4) is 11.5 Å². The molecule has 0 saturated heterocycles. The van der Waals surface area contributed by atoms with Crippen LogP contribution in [0.25, 0.3) is 0 Å². The Kier molecular flexibility index (Phi) is 7.04. The highest BCUT2D eigenvalue weighted by atomic mass is 32.1.